The lowest BCUT2D eigenvalue weighted by atomic mass is 9.99. The molecule has 0 aliphatic carbocycles. The molecule has 4 rings (SSSR count). The molecule has 0 radical (unpaired) electrons. The Kier molecular flexibility index (Phi) is 6.64. The number of anilines is 2. The van der Waals surface area contributed by atoms with E-state index in [1.54, 1.807) is 12.1 Å². The predicted octanol–water partition coefficient (Wildman–Crippen LogP) is 6.00. The van der Waals surface area contributed by atoms with Crippen LogP contribution in [0.3, 0.4) is 0 Å². The Labute approximate surface area is 201 Å². The number of carbonyl (C=O) groups excluding carboxylic acids is 1. The number of methoxy groups -OCH3 is 1. The number of rotatable bonds is 6. The summed E-state index contributed by atoms with van der Waals surface area (Å²) in [4.78, 5) is 21.0. The minimum atomic E-state index is -0.343. The summed E-state index contributed by atoms with van der Waals surface area (Å²) in [6, 6.07) is 28.4. The standard InChI is InChI=1S/C29H29N3O2/c1-31(2)25-14-10-21(11-15-25)27-18-24(20-6-8-23(9-7-20)29(33)34-5)19-28(30-27)22-12-16-26(17-13-22)32(3)4/h6-19H,1-5H3. The van der Waals surface area contributed by atoms with E-state index in [1.165, 1.54) is 7.11 Å². The van der Waals surface area contributed by atoms with Gasteiger partial charge in [-0.3, -0.25) is 0 Å². The van der Waals surface area contributed by atoms with E-state index >= 15 is 0 Å². The van der Waals surface area contributed by atoms with Gasteiger partial charge in [0.15, 0.2) is 0 Å². The lowest BCUT2D eigenvalue weighted by Crippen LogP contribution is -2.08. The zero-order valence-corrected chi connectivity index (χ0v) is 20.2. The first-order valence-electron chi connectivity index (χ1n) is 11.1. The fraction of sp³-hybridized carbons (Fsp3) is 0.172. The summed E-state index contributed by atoms with van der Waals surface area (Å²) >= 11 is 0. The van der Waals surface area contributed by atoms with Crippen molar-refractivity contribution in [3.05, 3.63) is 90.5 Å². The maximum absolute atomic E-state index is 11.9. The van der Waals surface area contributed by atoms with Gasteiger partial charge in [-0.15, -0.1) is 0 Å². The van der Waals surface area contributed by atoms with Crippen molar-refractivity contribution in [1.29, 1.82) is 0 Å². The average molecular weight is 452 g/mol. The number of hydrogen-bond acceptors (Lipinski definition) is 5. The summed E-state index contributed by atoms with van der Waals surface area (Å²) < 4.78 is 4.83. The molecule has 0 amide bonds. The Hall–Kier alpha value is -4.12. The highest BCUT2D eigenvalue weighted by atomic mass is 16.5. The van der Waals surface area contributed by atoms with Crippen LogP contribution in [0.4, 0.5) is 11.4 Å². The third kappa shape index (κ3) is 4.94. The van der Waals surface area contributed by atoms with E-state index in [4.69, 9.17) is 9.72 Å². The van der Waals surface area contributed by atoms with Gasteiger partial charge in [-0.05, 0) is 59.7 Å². The van der Waals surface area contributed by atoms with Crippen LogP contribution in [0, 0.1) is 0 Å². The number of nitrogens with zero attached hydrogens (tertiary/aromatic N) is 3. The van der Waals surface area contributed by atoms with Gasteiger partial charge in [0, 0.05) is 50.7 Å². The van der Waals surface area contributed by atoms with Gasteiger partial charge in [0.25, 0.3) is 0 Å². The summed E-state index contributed by atoms with van der Waals surface area (Å²) in [5, 5.41) is 0. The number of esters is 1. The molecule has 1 heterocycles. The van der Waals surface area contributed by atoms with Crippen LogP contribution in [0.25, 0.3) is 33.6 Å². The van der Waals surface area contributed by atoms with Gasteiger partial charge in [-0.1, -0.05) is 36.4 Å². The minimum absolute atomic E-state index is 0.343. The molecule has 1 aromatic heterocycles. The van der Waals surface area contributed by atoms with Crippen LogP contribution in [0.15, 0.2) is 84.9 Å². The fourth-order valence-electron chi connectivity index (χ4n) is 3.77. The van der Waals surface area contributed by atoms with Gasteiger partial charge < -0.3 is 14.5 Å². The molecule has 0 saturated heterocycles. The Balaban J connectivity index is 1.81. The van der Waals surface area contributed by atoms with E-state index in [0.717, 1.165) is 45.0 Å². The first-order valence-corrected chi connectivity index (χ1v) is 11.1. The third-order valence-corrected chi connectivity index (χ3v) is 5.82. The Bertz CT molecular complexity index is 1210. The molecule has 0 spiro atoms. The molecule has 0 unspecified atom stereocenters. The summed E-state index contributed by atoms with van der Waals surface area (Å²) in [7, 11) is 9.51. The van der Waals surface area contributed by atoms with Crippen LogP contribution < -0.4 is 9.80 Å². The second-order valence-electron chi connectivity index (χ2n) is 8.58. The predicted molar refractivity (Wildman–Crippen MR) is 141 cm³/mol. The molecule has 0 N–H and O–H groups in total. The second kappa shape index (κ2) is 9.79. The highest BCUT2D eigenvalue weighted by molar-refractivity contribution is 5.90. The summed E-state index contributed by atoms with van der Waals surface area (Å²) in [5.41, 5.74) is 8.72. The van der Waals surface area contributed by atoms with Gasteiger partial charge in [-0.2, -0.15) is 0 Å². The van der Waals surface area contributed by atoms with Crippen LogP contribution in [0.5, 0.6) is 0 Å². The molecule has 0 aliphatic rings. The maximum atomic E-state index is 11.9. The Morgan fingerprint density at radius 1 is 0.618 bits per heavy atom. The first kappa shape index (κ1) is 23.1. The van der Waals surface area contributed by atoms with Gasteiger partial charge in [-0.25, -0.2) is 9.78 Å². The van der Waals surface area contributed by atoms with Crippen LogP contribution in [-0.4, -0.2) is 46.3 Å². The third-order valence-electron chi connectivity index (χ3n) is 5.82. The van der Waals surface area contributed by atoms with Crippen molar-refractivity contribution in [2.75, 3.05) is 45.1 Å². The van der Waals surface area contributed by atoms with Crippen molar-refractivity contribution in [2.45, 2.75) is 0 Å². The van der Waals surface area contributed by atoms with E-state index in [0.29, 0.717) is 5.56 Å². The van der Waals surface area contributed by atoms with Crippen LogP contribution in [0.1, 0.15) is 10.4 Å². The van der Waals surface area contributed by atoms with Crippen molar-refractivity contribution in [3.63, 3.8) is 0 Å². The van der Waals surface area contributed by atoms with E-state index in [2.05, 4.69) is 70.5 Å². The van der Waals surface area contributed by atoms with E-state index in [-0.39, 0.29) is 5.97 Å². The topological polar surface area (TPSA) is 45.7 Å². The maximum Gasteiger partial charge on any atom is 0.337 e. The second-order valence-corrected chi connectivity index (χ2v) is 8.58. The lowest BCUT2D eigenvalue weighted by Gasteiger charge is -2.15. The zero-order chi connectivity index (χ0) is 24.2. The Morgan fingerprint density at radius 3 is 1.41 bits per heavy atom. The fourth-order valence-corrected chi connectivity index (χ4v) is 3.77. The minimum Gasteiger partial charge on any atom is -0.465 e. The first-order chi connectivity index (χ1) is 16.4. The van der Waals surface area contributed by atoms with E-state index < -0.39 is 0 Å². The molecule has 4 aromatic rings. The molecule has 34 heavy (non-hydrogen) atoms. The molecular formula is C29H29N3O2. The summed E-state index contributed by atoms with van der Waals surface area (Å²) in [5.74, 6) is -0.343. The number of benzene rings is 3. The zero-order valence-electron chi connectivity index (χ0n) is 20.2. The highest BCUT2D eigenvalue weighted by Crippen LogP contribution is 2.31. The molecule has 3 aromatic carbocycles. The van der Waals surface area contributed by atoms with Crippen molar-refractivity contribution < 1.29 is 9.53 Å². The van der Waals surface area contributed by atoms with Crippen LogP contribution in [0.2, 0.25) is 0 Å². The summed E-state index contributed by atoms with van der Waals surface area (Å²) in [6.07, 6.45) is 0. The largest absolute Gasteiger partial charge is 0.465 e. The number of hydrogen-bond donors (Lipinski definition) is 0. The number of carbonyl (C=O) groups is 1. The average Bonchev–Trinajstić information content (AvgIpc) is 2.88. The molecular weight excluding hydrogens is 422 g/mol. The van der Waals surface area contributed by atoms with Crippen molar-refractivity contribution in [3.8, 4) is 33.6 Å². The van der Waals surface area contributed by atoms with E-state index in [9.17, 15) is 4.79 Å². The number of pyridine rings is 1. The highest BCUT2D eigenvalue weighted by Gasteiger charge is 2.11. The van der Waals surface area contributed by atoms with Crippen LogP contribution >= 0.6 is 0 Å². The van der Waals surface area contributed by atoms with Gasteiger partial charge in [0.05, 0.1) is 24.1 Å². The van der Waals surface area contributed by atoms with Crippen molar-refractivity contribution in [1.82, 2.24) is 4.98 Å². The van der Waals surface area contributed by atoms with Gasteiger partial charge >= 0.3 is 5.97 Å². The molecule has 0 saturated carbocycles. The molecule has 172 valence electrons. The number of aromatic nitrogens is 1. The SMILES string of the molecule is COC(=O)c1ccc(-c2cc(-c3ccc(N(C)C)cc3)nc(-c3ccc(N(C)C)cc3)c2)cc1. The molecule has 0 atom stereocenters. The van der Waals surface area contributed by atoms with Crippen molar-refractivity contribution in [2.24, 2.45) is 0 Å². The molecule has 0 aliphatic heterocycles. The van der Waals surface area contributed by atoms with E-state index in [1.807, 2.05) is 40.3 Å². The molecule has 5 nitrogen and oxygen atoms in total. The number of ether oxygens (including phenoxy) is 1. The monoisotopic (exact) mass is 451 g/mol. The molecule has 5 heteroatoms. The summed E-state index contributed by atoms with van der Waals surface area (Å²) in [6.45, 7) is 0. The van der Waals surface area contributed by atoms with Gasteiger partial charge in [0.2, 0.25) is 0 Å². The van der Waals surface area contributed by atoms with Crippen molar-refractivity contribution >= 4 is 17.3 Å². The smallest absolute Gasteiger partial charge is 0.337 e. The Morgan fingerprint density at radius 2 is 1.03 bits per heavy atom. The normalized spacial score (nSPS) is 10.6. The molecule has 0 fully saturated rings. The van der Waals surface area contributed by atoms with Gasteiger partial charge in [0.1, 0.15) is 0 Å². The quantitative estimate of drug-likeness (QED) is 0.336. The molecule has 0 bridgehead atoms. The van der Waals surface area contributed by atoms with Crippen LogP contribution in [-0.2, 0) is 4.74 Å². The lowest BCUT2D eigenvalue weighted by molar-refractivity contribution is 0.0600.